The first-order valence-corrected chi connectivity index (χ1v) is 11.0. The van der Waals surface area contributed by atoms with Gasteiger partial charge in [0.05, 0.1) is 18.4 Å². The molecule has 2 aliphatic carbocycles. The Kier molecular flexibility index (Phi) is 9.05. The Morgan fingerprint density at radius 1 is 0.943 bits per heavy atom. The number of rotatable bonds is 2. The molecule has 35 heavy (non-hydrogen) atoms. The molecule has 6 atom stereocenters. The first-order valence-electron chi connectivity index (χ1n) is 9.85. The fourth-order valence-corrected chi connectivity index (χ4v) is 5.72. The molecule has 0 amide bonds. The van der Waals surface area contributed by atoms with Crippen LogP contribution in [-0.4, -0.2) is 39.9 Å². The van der Waals surface area contributed by atoms with E-state index in [0.29, 0.717) is 5.33 Å². The largest absolute Gasteiger partial charge is 1.00 e. The number of alkyl halides is 1. The van der Waals surface area contributed by atoms with Crippen molar-refractivity contribution in [2.75, 3.05) is 11.9 Å². The molecular weight excluding hydrogens is 555 g/mol. The van der Waals surface area contributed by atoms with E-state index in [0.717, 1.165) is 24.3 Å². The Labute approximate surface area is 226 Å². The van der Waals surface area contributed by atoms with Crippen LogP contribution in [0, 0.1) is 46.9 Å². The van der Waals surface area contributed by atoms with Crippen LogP contribution in [0.3, 0.4) is 0 Å². The van der Waals surface area contributed by atoms with Crippen molar-refractivity contribution < 1.29 is 82.2 Å². The molecule has 6 unspecified atom stereocenters. The summed E-state index contributed by atoms with van der Waals surface area (Å²) in [5.41, 5.74) is 0.303. The molecule has 6 rings (SSSR count). The molecule has 2 aromatic rings. The van der Waals surface area contributed by atoms with Crippen LogP contribution in [0.5, 0.6) is 11.5 Å². The molecule has 4 aliphatic rings. The molecule has 2 aliphatic heterocycles. The third-order valence-corrected chi connectivity index (χ3v) is 7.30. The fraction of sp³-hybridized carbons (Fsp3) is 0.364. The van der Waals surface area contributed by atoms with Gasteiger partial charge in [0.2, 0.25) is 0 Å². The van der Waals surface area contributed by atoms with Crippen molar-refractivity contribution in [2.24, 2.45) is 23.7 Å². The molecule has 2 fully saturated rings. The summed E-state index contributed by atoms with van der Waals surface area (Å²) in [6.45, 7) is 0.148. The summed E-state index contributed by atoms with van der Waals surface area (Å²) in [6.07, 6.45) is 0. The number of fused-ring (bicyclic) bond motifs is 6. The van der Waals surface area contributed by atoms with Gasteiger partial charge in [-0.2, -0.15) is 0 Å². The molecule has 13 heteroatoms. The summed E-state index contributed by atoms with van der Waals surface area (Å²) in [6, 6.07) is 4.06. The Hall–Kier alpha value is -1.70. The van der Waals surface area contributed by atoms with Gasteiger partial charge in [-0.25, -0.2) is 17.6 Å². The van der Waals surface area contributed by atoms with Gasteiger partial charge in [-0.05, 0) is 30.2 Å². The van der Waals surface area contributed by atoms with E-state index in [4.69, 9.17) is 14.6 Å². The smallest absolute Gasteiger partial charge is 0.870 e. The van der Waals surface area contributed by atoms with Crippen LogP contribution in [0.2, 0.25) is 0 Å². The Morgan fingerprint density at radius 3 is 2.00 bits per heavy atom. The molecule has 184 valence electrons. The third-order valence-electron chi connectivity index (χ3n) is 6.55. The van der Waals surface area contributed by atoms with Gasteiger partial charge in [-0.1, -0.05) is 15.9 Å². The van der Waals surface area contributed by atoms with E-state index in [9.17, 15) is 27.2 Å². The number of carboxylic acid groups (broad SMARTS) is 1. The van der Waals surface area contributed by atoms with Gasteiger partial charge in [0, 0.05) is 34.2 Å². The van der Waals surface area contributed by atoms with E-state index in [1.165, 1.54) is 0 Å². The second-order valence-corrected chi connectivity index (χ2v) is 8.85. The van der Waals surface area contributed by atoms with Crippen LogP contribution in [0.25, 0.3) is 0 Å². The zero-order valence-electron chi connectivity index (χ0n) is 18.1. The number of carbonyl (C=O) groups is 2. The maximum atomic E-state index is 13.6. The Bertz CT molecular complexity index is 1160. The number of carbonyl (C=O) groups excluding carboxylic acids is 1. The van der Waals surface area contributed by atoms with Crippen LogP contribution in [-0.2, 0) is 9.59 Å². The second-order valence-electron chi connectivity index (χ2n) is 8.20. The number of carboxylic acids is 1. The molecule has 7 nitrogen and oxygen atoms in total. The van der Waals surface area contributed by atoms with Gasteiger partial charge in [0.15, 0.2) is 23.1 Å². The van der Waals surface area contributed by atoms with Crippen molar-refractivity contribution in [1.29, 1.82) is 0 Å². The number of benzene rings is 2. The van der Waals surface area contributed by atoms with E-state index in [-0.39, 0.29) is 93.4 Å². The Morgan fingerprint density at radius 2 is 1.46 bits per heavy atom. The maximum Gasteiger partial charge on any atom is 1.00 e. The average Bonchev–Trinajstić information content (AvgIpc) is 3.66. The Balaban J connectivity index is 0.000000227. The summed E-state index contributed by atoms with van der Waals surface area (Å²) < 4.78 is 63.8. The molecule has 0 saturated heterocycles. The van der Waals surface area contributed by atoms with Gasteiger partial charge in [0.1, 0.15) is 11.6 Å². The van der Waals surface area contributed by atoms with Crippen molar-refractivity contribution in [2.45, 2.75) is 11.8 Å². The zero-order valence-corrected chi connectivity index (χ0v) is 21.7. The minimum atomic E-state index is -0.977. The molecule has 2 heterocycles. The molecule has 0 aromatic heterocycles. The van der Waals surface area contributed by atoms with Crippen molar-refractivity contribution >= 4 is 27.9 Å². The fourth-order valence-electron chi connectivity index (χ4n) is 4.91. The van der Waals surface area contributed by atoms with Crippen LogP contribution in [0.4, 0.5) is 17.6 Å². The minimum absolute atomic E-state index is 0. The first-order chi connectivity index (χ1) is 15.3. The first kappa shape index (κ1) is 29.5. The minimum Gasteiger partial charge on any atom is -0.870 e. The standard InChI is InChI=1S/C11H7BrF2O2.C11H8F2O3.Na.2H2O/c12-3-4-7-8(4)11(15)16-10-6(14)2-1-5(13)9(7)10;12-5-1-2-6(13)10-9(5)7-4(3-16-10)8(7)11(14)15;;;/h1-2,4,7-8H,3H2;1-2,4,7-8H,3H2,(H,14,15);;2*1H2/q;;+1;;/p-1. The summed E-state index contributed by atoms with van der Waals surface area (Å²) in [7, 11) is 0. The summed E-state index contributed by atoms with van der Waals surface area (Å²) >= 11 is 3.26. The number of hydrogen-bond acceptors (Lipinski definition) is 5. The van der Waals surface area contributed by atoms with E-state index in [1.54, 1.807) is 0 Å². The zero-order chi connectivity index (χ0) is 22.9. The molecule has 0 radical (unpaired) electrons. The predicted molar refractivity (Wildman–Crippen MR) is 110 cm³/mol. The van der Waals surface area contributed by atoms with Crippen LogP contribution in [0.1, 0.15) is 23.0 Å². The van der Waals surface area contributed by atoms with Crippen LogP contribution >= 0.6 is 15.9 Å². The van der Waals surface area contributed by atoms with Gasteiger partial charge < -0.3 is 25.5 Å². The number of halogens is 5. The SMILES string of the molecule is O.O=C(O)C1C2COc3c(F)ccc(F)c3C21.O=C1Oc2c(F)ccc(F)c2C2C(CBr)C12.[Na+].[OH-]. The summed E-state index contributed by atoms with van der Waals surface area (Å²) in [5, 5.41) is 9.49. The maximum absolute atomic E-state index is 13.6. The van der Waals surface area contributed by atoms with E-state index in [2.05, 4.69) is 15.9 Å². The van der Waals surface area contributed by atoms with Gasteiger partial charge in [0.25, 0.3) is 0 Å². The van der Waals surface area contributed by atoms with E-state index in [1.807, 2.05) is 0 Å². The van der Waals surface area contributed by atoms with Crippen molar-refractivity contribution in [3.8, 4) is 11.5 Å². The number of aliphatic carboxylic acids is 1. The topological polar surface area (TPSA) is 134 Å². The van der Waals surface area contributed by atoms with Gasteiger partial charge >= 0.3 is 41.5 Å². The molecule has 0 spiro atoms. The molecular formula is C22H18BrF4NaO7. The summed E-state index contributed by atoms with van der Waals surface area (Å²) in [5.74, 6) is -6.00. The van der Waals surface area contributed by atoms with E-state index >= 15 is 0 Å². The predicted octanol–water partition coefficient (Wildman–Crippen LogP) is 0.382. The average molecular weight is 573 g/mol. The quantitative estimate of drug-likeness (QED) is 0.182. The van der Waals surface area contributed by atoms with Gasteiger partial charge in [-0.15, -0.1) is 0 Å². The summed E-state index contributed by atoms with van der Waals surface area (Å²) in [4.78, 5) is 22.4. The number of hydrogen-bond donors (Lipinski definition) is 1. The van der Waals surface area contributed by atoms with Crippen molar-refractivity contribution in [3.63, 3.8) is 0 Å². The number of esters is 1. The third kappa shape index (κ3) is 4.72. The van der Waals surface area contributed by atoms with Crippen molar-refractivity contribution in [1.82, 2.24) is 0 Å². The van der Waals surface area contributed by atoms with Crippen LogP contribution in [0.15, 0.2) is 24.3 Å². The molecule has 4 N–H and O–H groups in total. The van der Waals surface area contributed by atoms with Crippen molar-refractivity contribution in [3.05, 3.63) is 58.7 Å². The van der Waals surface area contributed by atoms with E-state index < -0.39 is 47.0 Å². The number of ether oxygens (including phenoxy) is 2. The molecule has 2 saturated carbocycles. The second kappa shape index (κ2) is 10.7. The van der Waals surface area contributed by atoms with Gasteiger partial charge in [-0.3, -0.25) is 9.59 Å². The normalized spacial score (nSPS) is 27.6. The molecule has 2 aromatic carbocycles. The molecule has 0 bridgehead atoms. The monoisotopic (exact) mass is 572 g/mol. The van der Waals surface area contributed by atoms with Crippen LogP contribution < -0.4 is 39.0 Å².